The predicted octanol–water partition coefficient (Wildman–Crippen LogP) is 9.35. The number of allylic oxidation sites excluding steroid dienone is 5. The maximum atomic E-state index is 6.56. The number of hydrogen-bond donors (Lipinski definition) is 1. The quantitative estimate of drug-likeness (QED) is 0.217. The van der Waals surface area contributed by atoms with Crippen molar-refractivity contribution in [1.82, 2.24) is 9.88 Å². The van der Waals surface area contributed by atoms with Crippen molar-refractivity contribution < 1.29 is 4.74 Å². The summed E-state index contributed by atoms with van der Waals surface area (Å²) in [6, 6.07) is 41.8. The third-order valence-electron chi connectivity index (χ3n) is 8.45. The van der Waals surface area contributed by atoms with Gasteiger partial charge in [0.1, 0.15) is 18.6 Å². The average molecular weight is 609 g/mol. The number of amidine groups is 2. The Morgan fingerprint density at radius 1 is 0.723 bits per heavy atom. The minimum absolute atomic E-state index is 0.273. The van der Waals surface area contributed by atoms with Gasteiger partial charge < -0.3 is 14.6 Å². The smallest absolute Gasteiger partial charge is 0.159 e. The van der Waals surface area contributed by atoms with E-state index in [9.17, 15) is 0 Å². The maximum Gasteiger partial charge on any atom is 0.159 e. The standard InChI is InChI=1S/C42H32N4O/c1-29-14-5-4-12-27-47-39-30(24-23-29)25-26-36-35-21-10-11-22-37(35)46(38(36)39)34-20-13-19-33(28-34)42-44-40(31-15-6-2-7-16-31)43-41(45-42)32-17-8-3-9-18-32/h2-26,28,40H,1,27H2,(H,43,44,45)/b12-4-,14-5-,24-23?. The van der Waals surface area contributed by atoms with E-state index in [0.717, 1.165) is 66.9 Å². The fraction of sp³-hybridized carbons (Fsp3) is 0.0476. The zero-order valence-corrected chi connectivity index (χ0v) is 25.8. The first kappa shape index (κ1) is 28.3. The second kappa shape index (κ2) is 12.3. The third-order valence-corrected chi connectivity index (χ3v) is 8.45. The normalized spacial score (nSPS) is 17.5. The molecule has 0 spiro atoms. The summed E-state index contributed by atoms with van der Waals surface area (Å²) >= 11 is 0. The van der Waals surface area contributed by atoms with E-state index < -0.39 is 0 Å². The van der Waals surface area contributed by atoms with Crippen LogP contribution in [-0.4, -0.2) is 22.8 Å². The van der Waals surface area contributed by atoms with Gasteiger partial charge in [-0.15, -0.1) is 0 Å². The Labute approximate surface area is 273 Å². The largest absolute Gasteiger partial charge is 0.487 e. The molecule has 5 nitrogen and oxygen atoms in total. The number of hydrogen-bond acceptors (Lipinski definition) is 4. The van der Waals surface area contributed by atoms with Gasteiger partial charge in [0, 0.05) is 33.2 Å². The highest BCUT2D eigenvalue weighted by atomic mass is 16.5. The summed E-state index contributed by atoms with van der Waals surface area (Å²) < 4.78 is 8.87. The number of nitrogens with zero attached hydrogens (tertiary/aromatic N) is 3. The Balaban J connectivity index is 1.30. The van der Waals surface area contributed by atoms with Gasteiger partial charge in [-0.25, -0.2) is 9.98 Å². The number of ether oxygens (including phenoxy) is 1. The SMILES string of the molecule is C=C1C=Cc2ccc3c4ccccc4n(-c4cccc(C5=NC(c6ccccc6)=NC(c6ccccc6)N5)c4)c3c2OC/C=C\C=C/1. The van der Waals surface area contributed by atoms with Gasteiger partial charge in [0.05, 0.1) is 11.0 Å². The Hall–Kier alpha value is -6.20. The summed E-state index contributed by atoms with van der Waals surface area (Å²) in [7, 11) is 0. The zero-order valence-electron chi connectivity index (χ0n) is 25.8. The van der Waals surface area contributed by atoms with Crippen molar-refractivity contribution in [2.75, 3.05) is 6.61 Å². The van der Waals surface area contributed by atoms with Gasteiger partial charge in [-0.05, 0) is 35.4 Å². The molecule has 0 bridgehead atoms. The molecule has 0 fully saturated rings. The first-order chi connectivity index (χ1) is 23.2. The number of para-hydroxylation sites is 1. The molecule has 1 N–H and O–H groups in total. The molecule has 8 rings (SSSR count). The fourth-order valence-corrected chi connectivity index (χ4v) is 6.20. The minimum Gasteiger partial charge on any atom is -0.487 e. The molecule has 6 aromatic rings. The molecule has 2 aliphatic heterocycles. The molecule has 0 amide bonds. The van der Waals surface area contributed by atoms with Gasteiger partial charge in [-0.3, -0.25) is 0 Å². The lowest BCUT2D eigenvalue weighted by Crippen LogP contribution is -2.33. The molecule has 0 saturated heterocycles. The van der Waals surface area contributed by atoms with E-state index in [-0.39, 0.29) is 6.17 Å². The van der Waals surface area contributed by atoms with Crippen molar-refractivity contribution >= 4 is 39.6 Å². The van der Waals surface area contributed by atoms with Crippen LogP contribution in [0.25, 0.3) is 33.6 Å². The summed E-state index contributed by atoms with van der Waals surface area (Å²) in [5.41, 5.74) is 8.06. The molecule has 5 aromatic carbocycles. The van der Waals surface area contributed by atoms with Crippen molar-refractivity contribution in [1.29, 1.82) is 0 Å². The summed E-state index contributed by atoms with van der Waals surface area (Å²) in [6.07, 6.45) is 11.8. The highest BCUT2D eigenvalue weighted by molar-refractivity contribution is 6.14. The molecule has 1 aromatic heterocycles. The molecule has 0 saturated carbocycles. The Bertz CT molecular complexity index is 2290. The van der Waals surface area contributed by atoms with E-state index in [1.807, 2.05) is 66.8 Å². The van der Waals surface area contributed by atoms with Crippen LogP contribution in [0.15, 0.2) is 174 Å². The van der Waals surface area contributed by atoms with Crippen LogP contribution < -0.4 is 10.1 Å². The van der Waals surface area contributed by atoms with Crippen LogP contribution >= 0.6 is 0 Å². The first-order valence-corrected chi connectivity index (χ1v) is 15.8. The lowest BCUT2D eigenvalue weighted by molar-refractivity contribution is 0.365. The Morgan fingerprint density at radius 3 is 2.38 bits per heavy atom. The van der Waals surface area contributed by atoms with E-state index >= 15 is 0 Å². The van der Waals surface area contributed by atoms with Crippen molar-refractivity contribution in [3.05, 3.63) is 186 Å². The number of rotatable bonds is 4. The number of fused-ring (bicyclic) bond motifs is 5. The van der Waals surface area contributed by atoms with E-state index in [1.54, 1.807) is 0 Å². The lowest BCUT2D eigenvalue weighted by Gasteiger charge is -2.24. The molecular weight excluding hydrogens is 576 g/mol. The molecule has 1 atom stereocenters. The highest BCUT2D eigenvalue weighted by Gasteiger charge is 2.23. The van der Waals surface area contributed by atoms with Crippen molar-refractivity contribution in [3.63, 3.8) is 0 Å². The summed E-state index contributed by atoms with van der Waals surface area (Å²) in [5, 5.41) is 5.91. The second-order valence-electron chi connectivity index (χ2n) is 11.5. The number of benzene rings is 5. The monoisotopic (exact) mass is 608 g/mol. The van der Waals surface area contributed by atoms with Crippen LogP contribution in [0, 0.1) is 0 Å². The van der Waals surface area contributed by atoms with Gasteiger partial charge in [0.15, 0.2) is 11.6 Å². The Kier molecular flexibility index (Phi) is 7.40. The minimum atomic E-state index is -0.273. The van der Waals surface area contributed by atoms with Crippen LogP contribution in [0.3, 0.4) is 0 Å². The van der Waals surface area contributed by atoms with E-state index in [4.69, 9.17) is 14.7 Å². The first-order valence-electron chi connectivity index (χ1n) is 15.8. The topological polar surface area (TPSA) is 50.9 Å². The average Bonchev–Trinajstić information content (AvgIpc) is 3.45. The third kappa shape index (κ3) is 5.49. The highest BCUT2D eigenvalue weighted by Crippen LogP contribution is 2.40. The predicted molar refractivity (Wildman–Crippen MR) is 195 cm³/mol. The van der Waals surface area contributed by atoms with Crippen molar-refractivity contribution in [2.24, 2.45) is 9.98 Å². The summed E-state index contributed by atoms with van der Waals surface area (Å²) in [6.45, 7) is 4.62. The lowest BCUT2D eigenvalue weighted by atomic mass is 10.1. The molecule has 47 heavy (non-hydrogen) atoms. The van der Waals surface area contributed by atoms with Crippen LogP contribution in [-0.2, 0) is 0 Å². The molecule has 3 heterocycles. The second-order valence-corrected chi connectivity index (χ2v) is 11.5. The van der Waals surface area contributed by atoms with Crippen LogP contribution in [0.1, 0.15) is 28.4 Å². The van der Waals surface area contributed by atoms with Crippen LogP contribution in [0.4, 0.5) is 0 Å². The maximum absolute atomic E-state index is 6.56. The molecule has 226 valence electrons. The molecule has 1 unspecified atom stereocenters. The zero-order chi connectivity index (χ0) is 31.6. The van der Waals surface area contributed by atoms with E-state index in [1.165, 1.54) is 0 Å². The van der Waals surface area contributed by atoms with E-state index in [0.29, 0.717) is 12.4 Å². The number of aliphatic imine (C=N–C) groups is 2. The molecule has 0 aliphatic carbocycles. The molecule has 0 radical (unpaired) electrons. The van der Waals surface area contributed by atoms with Crippen molar-refractivity contribution in [2.45, 2.75) is 6.17 Å². The van der Waals surface area contributed by atoms with Gasteiger partial charge in [-0.2, -0.15) is 0 Å². The summed E-state index contributed by atoms with van der Waals surface area (Å²) in [4.78, 5) is 10.1. The Morgan fingerprint density at radius 2 is 1.51 bits per heavy atom. The summed E-state index contributed by atoms with van der Waals surface area (Å²) in [5.74, 6) is 2.30. The van der Waals surface area contributed by atoms with Gasteiger partial charge in [0.25, 0.3) is 0 Å². The molecule has 5 heteroatoms. The van der Waals surface area contributed by atoms with Gasteiger partial charge >= 0.3 is 0 Å². The molecular formula is C42H32N4O. The van der Waals surface area contributed by atoms with Crippen LogP contribution in [0.5, 0.6) is 5.75 Å². The fourth-order valence-electron chi connectivity index (χ4n) is 6.20. The van der Waals surface area contributed by atoms with Crippen LogP contribution in [0.2, 0.25) is 0 Å². The number of aromatic nitrogens is 1. The number of nitrogens with one attached hydrogen (secondary N) is 1. The van der Waals surface area contributed by atoms with Gasteiger partial charge in [0.2, 0.25) is 0 Å². The van der Waals surface area contributed by atoms with Crippen molar-refractivity contribution in [3.8, 4) is 11.4 Å². The van der Waals surface area contributed by atoms with E-state index in [2.05, 4.69) is 107 Å². The molecule has 2 aliphatic rings. The van der Waals surface area contributed by atoms with Gasteiger partial charge in [-0.1, -0.05) is 140 Å².